The summed E-state index contributed by atoms with van der Waals surface area (Å²) in [7, 11) is -1.32. The molecule has 1 aromatic carbocycles. The Bertz CT molecular complexity index is 1130. The number of alkyl carbamates (subject to hydrolysis) is 1. The van der Waals surface area contributed by atoms with Crippen LogP contribution in [0, 0.1) is 10.1 Å². The highest BCUT2D eigenvalue weighted by molar-refractivity contribution is 6.76. The number of carbonyl (C=O) groups is 2. The van der Waals surface area contributed by atoms with E-state index in [1.807, 2.05) is 6.92 Å². The number of carbonyl (C=O) groups excluding carboxylic acids is 2. The molecule has 0 saturated heterocycles. The molecular weight excluding hydrogens is 510 g/mol. The number of nitro groups is 1. The van der Waals surface area contributed by atoms with Crippen LogP contribution >= 0.6 is 0 Å². The maximum absolute atomic E-state index is 12.4. The SMILES string of the molecule is C=CC[C@H](NC(=O)OCCCC)c1nc(-c2ccc(OC(N)=O)cc2[N+](=O)[O-])cn1COCC[Si](C)(C)C. The molecule has 0 aliphatic heterocycles. The number of imidazole rings is 1. The molecule has 1 atom stereocenters. The minimum absolute atomic E-state index is 0.0664. The lowest BCUT2D eigenvalue weighted by molar-refractivity contribution is -0.384. The summed E-state index contributed by atoms with van der Waals surface area (Å²) in [4.78, 5) is 39.4. The van der Waals surface area contributed by atoms with Crippen LogP contribution in [0.4, 0.5) is 15.3 Å². The summed E-state index contributed by atoms with van der Waals surface area (Å²) in [5.41, 5.74) is 5.18. The Morgan fingerprint density at radius 1 is 1.32 bits per heavy atom. The van der Waals surface area contributed by atoms with Gasteiger partial charge in [-0.25, -0.2) is 14.6 Å². The van der Waals surface area contributed by atoms with Crippen molar-refractivity contribution in [3.8, 4) is 17.0 Å². The van der Waals surface area contributed by atoms with E-state index in [1.165, 1.54) is 12.1 Å². The number of aromatic nitrogens is 2. The van der Waals surface area contributed by atoms with Gasteiger partial charge in [0.1, 0.15) is 18.3 Å². The molecule has 3 N–H and O–H groups in total. The first-order valence-electron chi connectivity index (χ1n) is 12.4. The van der Waals surface area contributed by atoms with Gasteiger partial charge in [0.15, 0.2) is 0 Å². The third-order valence-electron chi connectivity index (χ3n) is 5.43. The Kier molecular flexibility index (Phi) is 11.5. The zero-order chi connectivity index (χ0) is 28.3. The Balaban J connectivity index is 2.46. The van der Waals surface area contributed by atoms with Gasteiger partial charge in [-0.15, -0.1) is 6.58 Å². The van der Waals surface area contributed by atoms with Crippen LogP contribution in [0.1, 0.15) is 38.1 Å². The summed E-state index contributed by atoms with van der Waals surface area (Å²) in [6.07, 6.45) is 3.54. The first-order valence-corrected chi connectivity index (χ1v) is 16.1. The van der Waals surface area contributed by atoms with Crippen molar-refractivity contribution >= 4 is 25.9 Å². The number of nitro benzene ring substituents is 1. The summed E-state index contributed by atoms with van der Waals surface area (Å²) in [6, 6.07) is 4.25. The molecular formula is C25H37N5O7Si. The molecule has 0 saturated carbocycles. The molecule has 2 amide bonds. The van der Waals surface area contributed by atoms with Crippen LogP contribution in [-0.2, 0) is 16.2 Å². The van der Waals surface area contributed by atoms with Crippen LogP contribution in [0.25, 0.3) is 11.3 Å². The van der Waals surface area contributed by atoms with Gasteiger partial charge in [0, 0.05) is 20.9 Å². The first kappa shape index (κ1) is 30.5. The third-order valence-corrected chi connectivity index (χ3v) is 7.14. The predicted molar refractivity (Wildman–Crippen MR) is 146 cm³/mol. The Morgan fingerprint density at radius 3 is 2.66 bits per heavy atom. The predicted octanol–water partition coefficient (Wildman–Crippen LogP) is 5.37. The summed E-state index contributed by atoms with van der Waals surface area (Å²) in [5.74, 6) is 0.357. The van der Waals surface area contributed by atoms with E-state index in [4.69, 9.17) is 19.9 Å². The van der Waals surface area contributed by atoms with Crippen molar-refractivity contribution in [3.05, 3.63) is 53.0 Å². The van der Waals surface area contributed by atoms with Gasteiger partial charge in [-0.1, -0.05) is 39.1 Å². The monoisotopic (exact) mass is 547 g/mol. The second-order valence-electron chi connectivity index (χ2n) is 9.87. The van der Waals surface area contributed by atoms with Gasteiger partial charge in [-0.2, -0.15) is 0 Å². The zero-order valence-electron chi connectivity index (χ0n) is 22.4. The minimum Gasteiger partial charge on any atom is -0.450 e. The molecule has 0 fully saturated rings. The highest BCUT2D eigenvalue weighted by Crippen LogP contribution is 2.34. The molecule has 2 rings (SSSR count). The average Bonchev–Trinajstić information content (AvgIpc) is 3.24. The van der Waals surface area contributed by atoms with Gasteiger partial charge in [0.05, 0.1) is 34.9 Å². The number of rotatable bonds is 15. The number of hydrogen-bond donors (Lipinski definition) is 2. The molecule has 0 spiro atoms. The van der Waals surface area contributed by atoms with Crippen molar-refractivity contribution in [2.24, 2.45) is 5.73 Å². The number of nitrogens with zero attached hydrogens (tertiary/aromatic N) is 3. The summed E-state index contributed by atoms with van der Waals surface area (Å²) >= 11 is 0. The fourth-order valence-electron chi connectivity index (χ4n) is 3.43. The number of primary amides is 1. The lowest BCUT2D eigenvalue weighted by Gasteiger charge is -2.19. The number of unbranched alkanes of at least 4 members (excludes halogenated alkanes) is 1. The smallest absolute Gasteiger partial charge is 0.409 e. The van der Waals surface area contributed by atoms with Crippen molar-refractivity contribution in [2.45, 2.75) is 64.6 Å². The van der Waals surface area contributed by atoms with Gasteiger partial charge in [0.25, 0.3) is 5.69 Å². The Hall–Kier alpha value is -3.71. The fraction of sp³-hybridized carbons (Fsp3) is 0.480. The molecule has 0 radical (unpaired) electrons. The van der Waals surface area contributed by atoms with E-state index < -0.39 is 31.2 Å². The highest BCUT2D eigenvalue weighted by atomic mass is 28.3. The molecule has 12 nitrogen and oxygen atoms in total. The van der Waals surface area contributed by atoms with Crippen molar-refractivity contribution < 1.29 is 28.7 Å². The van der Waals surface area contributed by atoms with E-state index in [-0.39, 0.29) is 36.0 Å². The largest absolute Gasteiger partial charge is 0.450 e. The Morgan fingerprint density at radius 2 is 2.05 bits per heavy atom. The van der Waals surface area contributed by atoms with Crippen molar-refractivity contribution in [2.75, 3.05) is 13.2 Å². The van der Waals surface area contributed by atoms with Crippen LogP contribution in [0.15, 0.2) is 37.1 Å². The van der Waals surface area contributed by atoms with Crippen molar-refractivity contribution in [1.29, 1.82) is 0 Å². The van der Waals surface area contributed by atoms with E-state index in [1.54, 1.807) is 16.8 Å². The zero-order valence-corrected chi connectivity index (χ0v) is 23.4. The van der Waals surface area contributed by atoms with Gasteiger partial charge in [0.2, 0.25) is 0 Å². The van der Waals surface area contributed by atoms with E-state index in [2.05, 4.69) is 36.5 Å². The van der Waals surface area contributed by atoms with E-state index in [0.717, 1.165) is 25.0 Å². The molecule has 1 heterocycles. The maximum atomic E-state index is 12.4. The van der Waals surface area contributed by atoms with E-state index >= 15 is 0 Å². The Labute approximate surface area is 223 Å². The molecule has 0 aliphatic rings. The average molecular weight is 548 g/mol. The number of nitrogens with two attached hydrogens (primary N) is 1. The summed E-state index contributed by atoms with van der Waals surface area (Å²) in [5, 5.41) is 14.6. The molecule has 13 heteroatoms. The van der Waals surface area contributed by atoms with Crippen molar-refractivity contribution in [1.82, 2.24) is 14.9 Å². The van der Waals surface area contributed by atoms with E-state index in [9.17, 15) is 19.7 Å². The molecule has 208 valence electrons. The number of nitrogens with one attached hydrogen (secondary N) is 1. The standard InChI is InChI=1S/C25H37N5O7Si/c1-6-8-12-36-25(32)28-20(9-7-2)23-27-21(16-29(23)17-35-13-14-38(3,4)5)19-11-10-18(37-24(26)31)15-22(19)30(33)34/h7,10-11,15-16,20H,2,6,8-9,12-14,17H2,1,3-5H3,(H2,26,31)(H,28,32)/t20-/m0/s1. The van der Waals surface area contributed by atoms with Gasteiger partial charge < -0.3 is 29.8 Å². The van der Waals surface area contributed by atoms with Gasteiger partial charge in [-0.3, -0.25) is 10.1 Å². The normalized spacial score (nSPS) is 12.0. The van der Waals surface area contributed by atoms with Crippen LogP contribution < -0.4 is 15.8 Å². The topological polar surface area (TPSA) is 161 Å². The second-order valence-corrected chi connectivity index (χ2v) is 15.5. The molecule has 0 unspecified atom stereocenters. The quantitative estimate of drug-likeness (QED) is 0.0988. The molecule has 38 heavy (non-hydrogen) atoms. The molecule has 0 bridgehead atoms. The van der Waals surface area contributed by atoms with Crippen molar-refractivity contribution in [3.63, 3.8) is 0 Å². The highest BCUT2D eigenvalue weighted by Gasteiger charge is 2.25. The number of amides is 2. The number of hydrogen-bond acceptors (Lipinski definition) is 8. The summed E-state index contributed by atoms with van der Waals surface area (Å²) < 4.78 is 17.7. The second kappa shape index (κ2) is 14.3. The molecule has 1 aromatic heterocycles. The lowest BCUT2D eigenvalue weighted by Crippen LogP contribution is -2.31. The van der Waals surface area contributed by atoms with Gasteiger partial charge >= 0.3 is 12.2 Å². The first-order chi connectivity index (χ1) is 17.9. The third kappa shape index (κ3) is 9.63. The van der Waals surface area contributed by atoms with E-state index in [0.29, 0.717) is 18.9 Å². The van der Waals surface area contributed by atoms with Crippen LogP contribution in [-0.4, -0.2) is 47.9 Å². The van der Waals surface area contributed by atoms with Crippen LogP contribution in [0.2, 0.25) is 25.7 Å². The number of ether oxygens (including phenoxy) is 3. The minimum atomic E-state index is -1.32. The lowest BCUT2D eigenvalue weighted by atomic mass is 10.1. The number of benzene rings is 1. The van der Waals surface area contributed by atoms with Crippen LogP contribution in [0.3, 0.4) is 0 Å². The maximum Gasteiger partial charge on any atom is 0.409 e. The summed E-state index contributed by atoms with van der Waals surface area (Å²) in [6.45, 7) is 13.5. The molecule has 0 aliphatic carbocycles. The van der Waals surface area contributed by atoms with Crippen LogP contribution in [0.5, 0.6) is 5.75 Å². The fourth-order valence-corrected chi connectivity index (χ4v) is 4.19. The molecule has 2 aromatic rings. The van der Waals surface area contributed by atoms with Gasteiger partial charge in [-0.05, 0) is 31.0 Å².